The van der Waals surface area contributed by atoms with Gasteiger partial charge in [-0.3, -0.25) is 4.79 Å². The molecule has 0 bridgehead atoms. The number of benzene rings is 4. The number of aliphatic hydroxyl groups is 1. The van der Waals surface area contributed by atoms with Crippen LogP contribution in [-0.4, -0.2) is 25.5 Å². The second kappa shape index (κ2) is 12.3. The number of pyridine rings is 1. The minimum absolute atomic E-state index is 0.180. The summed E-state index contributed by atoms with van der Waals surface area (Å²) in [7, 11) is 0. The molecule has 6 heteroatoms. The maximum atomic E-state index is 12.5. The van der Waals surface area contributed by atoms with Gasteiger partial charge >= 0.3 is 0 Å². The molecule has 3 N–H and O–H groups in total. The number of imidazole rings is 1. The lowest BCUT2D eigenvalue weighted by atomic mass is 9.76. The van der Waals surface area contributed by atoms with Crippen molar-refractivity contribution in [1.82, 2.24) is 14.5 Å². The first-order valence-corrected chi connectivity index (χ1v) is 15.1. The number of carbonyl (C=O) groups excluding carboxylic acids is 1. The van der Waals surface area contributed by atoms with Crippen LogP contribution in [0.5, 0.6) is 0 Å². The zero-order valence-electron chi connectivity index (χ0n) is 25.4. The number of carbonyl (C=O) groups is 1. The molecule has 6 nitrogen and oxygen atoms in total. The number of aromatic nitrogens is 3. The monoisotopic (exact) mass is 592 g/mol. The summed E-state index contributed by atoms with van der Waals surface area (Å²) in [5.41, 5.74) is 9.87. The van der Waals surface area contributed by atoms with Crippen molar-refractivity contribution in [2.75, 3.05) is 0 Å². The first-order valence-electron chi connectivity index (χ1n) is 15.1. The maximum Gasteiger partial charge on any atom is 0.267 e. The van der Waals surface area contributed by atoms with Crippen molar-refractivity contribution in [2.24, 2.45) is 11.7 Å². The lowest BCUT2D eigenvalue weighted by molar-refractivity contribution is 0.0278. The number of hydrogen-bond acceptors (Lipinski definition) is 4. The lowest BCUT2D eigenvalue weighted by Crippen LogP contribution is -2.37. The fourth-order valence-corrected chi connectivity index (χ4v) is 6.27. The highest BCUT2D eigenvalue weighted by Gasteiger charge is 2.42. The van der Waals surface area contributed by atoms with Crippen LogP contribution in [-0.2, 0) is 17.6 Å². The fraction of sp³-hybridized carbons (Fsp3) is 0.154. The van der Waals surface area contributed by atoms with E-state index in [-0.39, 0.29) is 11.6 Å². The van der Waals surface area contributed by atoms with Gasteiger partial charge in [-0.1, -0.05) is 135 Å². The van der Waals surface area contributed by atoms with Crippen LogP contribution >= 0.6 is 0 Å². The molecule has 1 amide bonds. The van der Waals surface area contributed by atoms with E-state index in [1.165, 1.54) is 0 Å². The van der Waals surface area contributed by atoms with E-state index < -0.39 is 17.0 Å². The van der Waals surface area contributed by atoms with Gasteiger partial charge in [0.1, 0.15) is 16.8 Å². The van der Waals surface area contributed by atoms with Crippen molar-refractivity contribution in [1.29, 1.82) is 0 Å². The van der Waals surface area contributed by atoms with Crippen molar-refractivity contribution in [2.45, 2.75) is 31.4 Å². The third kappa shape index (κ3) is 5.45. The first-order chi connectivity index (χ1) is 21.8. The van der Waals surface area contributed by atoms with Gasteiger partial charge in [-0.25, -0.2) is 9.97 Å². The predicted molar refractivity (Wildman–Crippen MR) is 177 cm³/mol. The molecule has 0 fully saturated rings. The van der Waals surface area contributed by atoms with Gasteiger partial charge in [-0.15, -0.1) is 0 Å². The Morgan fingerprint density at radius 2 is 1.27 bits per heavy atom. The van der Waals surface area contributed by atoms with Gasteiger partial charge in [-0.2, -0.15) is 0 Å². The zero-order chi connectivity index (χ0) is 31.4. The highest BCUT2D eigenvalue weighted by Crippen LogP contribution is 2.43. The fourth-order valence-electron chi connectivity index (χ4n) is 6.27. The minimum Gasteiger partial charge on any atom is -0.378 e. The van der Waals surface area contributed by atoms with Crippen LogP contribution in [0, 0.1) is 5.92 Å². The Hall–Kier alpha value is -5.33. The highest BCUT2D eigenvalue weighted by atomic mass is 16.3. The van der Waals surface area contributed by atoms with E-state index in [0.717, 1.165) is 33.5 Å². The zero-order valence-corrected chi connectivity index (χ0v) is 25.4. The summed E-state index contributed by atoms with van der Waals surface area (Å²) < 4.78 is 2.13. The van der Waals surface area contributed by atoms with Gasteiger partial charge in [0.2, 0.25) is 0 Å². The third-order valence-electron chi connectivity index (χ3n) is 8.61. The molecule has 6 rings (SSSR count). The average molecular weight is 593 g/mol. The molecular weight excluding hydrogens is 556 g/mol. The van der Waals surface area contributed by atoms with Gasteiger partial charge in [0.15, 0.2) is 0 Å². The summed E-state index contributed by atoms with van der Waals surface area (Å²) in [4.78, 5) is 20.9. The molecule has 2 aromatic heterocycles. The molecule has 0 aliphatic heterocycles. The molecular formula is C39H36N4O2. The van der Waals surface area contributed by atoms with Crippen LogP contribution in [0.15, 0.2) is 146 Å². The molecule has 1 atom stereocenters. The summed E-state index contributed by atoms with van der Waals surface area (Å²) in [5, 5.41) is 12.5. The molecule has 45 heavy (non-hydrogen) atoms. The Labute approximate surface area is 263 Å². The van der Waals surface area contributed by atoms with Gasteiger partial charge in [0.25, 0.3) is 5.91 Å². The van der Waals surface area contributed by atoms with E-state index in [0.29, 0.717) is 12.1 Å². The first kappa shape index (κ1) is 29.7. The topological polar surface area (TPSA) is 94.0 Å². The Morgan fingerprint density at radius 3 is 1.76 bits per heavy atom. The summed E-state index contributed by atoms with van der Waals surface area (Å²) in [6, 6.07) is 44.4. The smallest absolute Gasteiger partial charge is 0.267 e. The lowest BCUT2D eigenvalue weighted by Gasteiger charge is -2.37. The molecule has 0 spiro atoms. The molecule has 4 aromatic carbocycles. The molecule has 1 unspecified atom stereocenters. The van der Waals surface area contributed by atoms with Gasteiger partial charge in [0, 0.05) is 18.3 Å². The minimum atomic E-state index is -1.36. The normalized spacial score (nSPS) is 13.0. The molecule has 6 aromatic rings. The Bertz CT molecular complexity index is 1790. The third-order valence-corrected chi connectivity index (χ3v) is 8.61. The van der Waals surface area contributed by atoms with E-state index in [1.54, 1.807) is 12.1 Å². The average Bonchev–Trinajstić information content (AvgIpc) is 3.58. The SMILES string of the molecule is CC(C)C(O)(c1ccc(Cc2cccc(C(N)=O)n2)cc1)c1cn(C(c2ccccc2)(c2ccccc2)c2ccccc2)cn1. The van der Waals surface area contributed by atoms with Crippen molar-refractivity contribution in [3.63, 3.8) is 0 Å². The second-order valence-corrected chi connectivity index (χ2v) is 11.6. The highest BCUT2D eigenvalue weighted by molar-refractivity contribution is 5.90. The van der Waals surface area contributed by atoms with E-state index in [1.807, 2.05) is 74.9 Å². The van der Waals surface area contributed by atoms with Crippen LogP contribution < -0.4 is 5.73 Å². The summed E-state index contributed by atoms with van der Waals surface area (Å²) in [5.74, 6) is -0.732. The largest absolute Gasteiger partial charge is 0.378 e. The summed E-state index contributed by atoms with van der Waals surface area (Å²) in [6.45, 7) is 4.01. The molecule has 0 aliphatic rings. The van der Waals surface area contributed by atoms with E-state index in [4.69, 9.17) is 10.7 Å². The van der Waals surface area contributed by atoms with E-state index in [9.17, 15) is 9.90 Å². The van der Waals surface area contributed by atoms with Crippen molar-refractivity contribution < 1.29 is 9.90 Å². The molecule has 0 aliphatic carbocycles. The predicted octanol–water partition coefficient (Wildman–Crippen LogP) is 6.70. The van der Waals surface area contributed by atoms with Crippen LogP contribution in [0.2, 0.25) is 0 Å². The summed E-state index contributed by atoms with van der Waals surface area (Å²) >= 11 is 0. The quantitative estimate of drug-likeness (QED) is 0.173. The Kier molecular flexibility index (Phi) is 8.16. The van der Waals surface area contributed by atoms with Crippen LogP contribution in [0.4, 0.5) is 0 Å². The van der Waals surface area contributed by atoms with Crippen LogP contribution in [0.3, 0.4) is 0 Å². The van der Waals surface area contributed by atoms with E-state index >= 15 is 0 Å². The standard InChI is InChI=1S/C39H36N4O2/c1-28(2)39(45,33-23-21-29(22-24-33)25-34-19-12-20-35(42-34)37(40)44)36-26-43(27-41-36)38(30-13-6-3-7-14-30,31-15-8-4-9-16-31)32-17-10-5-11-18-32/h3-24,26-28,45H,25H2,1-2H3,(H2,40,44). The van der Waals surface area contributed by atoms with Gasteiger partial charge in [0.05, 0.1) is 12.0 Å². The van der Waals surface area contributed by atoms with Crippen molar-refractivity contribution in [3.05, 3.63) is 191 Å². The molecule has 0 radical (unpaired) electrons. The van der Waals surface area contributed by atoms with Gasteiger partial charge in [-0.05, 0) is 45.9 Å². The van der Waals surface area contributed by atoms with E-state index in [2.05, 4.69) is 82.3 Å². The van der Waals surface area contributed by atoms with Crippen LogP contribution in [0.25, 0.3) is 0 Å². The molecule has 2 heterocycles. The molecule has 0 saturated heterocycles. The number of rotatable bonds is 10. The Balaban J connectivity index is 1.44. The number of nitrogens with two attached hydrogens (primary N) is 1. The number of nitrogens with zero attached hydrogens (tertiary/aromatic N) is 3. The molecule has 224 valence electrons. The van der Waals surface area contributed by atoms with Crippen molar-refractivity contribution >= 4 is 5.91 Å². The molecule has 0 saturated carbocycles. The number of hydrogen-bond donors (Lipinski definition) is 2. The second-order valence-electron chi connectivity index (χ2n) is 11.6. The maximum absolute atomic E-state index is 12.5. The summed E-state index contributed by atoms with van der Waals surface area (Å²) in [6.07, 6.45) is 4.35. The van der Waals surface area contributed by atoms with Crippen LogP contribution in [0.1, 0.15) is 63.5 Å². The Morgan fingerprint density at radius 1 is 0.733 bits per heavy atom. The number of primary amides is 1. The number of amides is 1. The van der Waals surface area contributed by atoms with Gasteiger partial charge < -0.3 is 15.4 Å². The van der Waals surface area contributed by atoms with Crippen molar-refractivity contribution in [3.8, 4) is 0 Å².